The van der Waals surface area contributed by atoms with Crippen molar-refractivity contribution in [1.29, 1.82) is 0 Å². The monoisotopic (exact) mass is 482 g/mol. The molecule has 2 aliphatic rings. The van der Waals surface area contributed by atoms with Crippen molar-refractivity contribution >= 4 is 0 Å². The van der Waals surface area contributed by atoms with E-state index in [0.29, 0.717) is 30.5 Å². The van der Waals surface area contributed by atoms with E-state index in [1.54, 1.807) is 6.07 Å². The van der Waals surface area contributed by atoms with Crippen molar-refractivity contribution in [2.75, 3.05) is 0 Å². The number of alkyl halides is 3. The van der Waals surface area contributed by atoms with Crippen molar-refractivity contribution in [3.8, 4) is 16.9 Å². The van der Waals surface area contributed by atoms with Crippen LogP contribution in [0.25, 0.3) is 11.1 Å². The summed E-state index contributed by atoms with van der Waals surface area (Å²) in [6.07, 6.45) is 6.37. The summed E-state index contributed by atoms with van der Waals surface area (Å²) in [5.74, 6) is -3.62. The average molecular weight is 483 g/mol. The zero-order chi connectivity index (χ0) is 24.5. The normalized spacial score (nSPS) is 20.6. The third kappa shape index (κ3) is 5.61. The van der Waals surface area contributed by atoms with Crippen molar-refractivity contribution in [1.82, 2.24) is 0 Å². The predicted octanol–water partition coefficient (Wildman–Crippen LogP) is 8.69. The van der Waals surface area contributed by atoms with Gasteiger partial charge < -0.3 is 4.74 Å². The van der Waals surface area contributed by atoms with Gasteiger partial charge in [0.25, 0.3) is 0 Å². The van der Waals surface area contributed by atoms with E-state index in [-0.39, 0.29) is 11.1 Å². The van der Waals surface area contributed by atoms with Crippen LogP contribution in [-0.2, 0) is 12.8 Å². The largest absolute Gasteiger partial charge is 0.573 e. The molecule has 7 heteroatoms. The van der Waals surface area contributed by atoms with Crippen molar-refractivity contribution in [3.05, 3.63) is 64.5 Å². The van der Waals surface area contributed by atoms with E-state index in [1.165, 1.54) is 43.7 Å². The topological polar surface area (TPSA) is 9.23 Å². The molecule has 0 spiro atoms. The Morgan fingerprint density at radius 1 is 0.941 bits per heavy atom. The Balaban J connectivity index is 1.46. The van der Waals surface area contributed by atoms with Gasteiger partial charge in [0.1, 0.15) is 5.82 Å². The van der Waals surface area contributed by atoms with E-state index in [1.807, 2.05) is 6.08 Å². The van der Waals surface area contributed by atoms with E-state index >= 15 is 4.39 Å². The molecule has 0 amide bonds. The van der Waals surface area contributed by atoms with Crippen LogP contribution in [0.1, 0.15) is 63.0 Å². The quantitative estimate of drug-likeness (QED) is 0.296. The molecule has 0 saturated heterocycles. The molecule has 0 atom stereocenters. The van der Waals surface area contributed by atoms with Gasteiger partial charge in [0, 0.05) is 5.56 Å². The number of halogens is 6. The first-order chi connectivity index (χ1) is 16.1. The molecule has 1 fully saturated rings. The second kappa shape index (κ2) is 10.0. The number of fused-ring (bicyclic) bond motifs is 1. The number of ether oxygens (including phenoxy) is 1. The number of rotatable bonds is 6. The fraction of sp³-hybridized carbons (Fsp3) is 0.481. The van der Waals surface area contributed by atoms with E-state index < -0.39 is 29.6 Å². The minimum absolute atomic E-state index is 0.0559. The highest BCUT2D eigenvalue weighted by Gasteiger charge is 2.34. The molecule has 0 unspecified atom stereocenters. The second-order valence-corrected chi connectivity index (χ2v) is 9.46. The zero-order valence-corrected chi connectivity index (χ0v) is 19.1. The molecular weight excluding hydrogens is 454 g/mol. The smallest absolute Gasteiger partial charge is 0.399 e. The van der Waals surface area contributed by atoms with Gasteiger partial charge in [-0.15, -0.1) is 13.2 Å². The molecule has 1 nitrogen and oxygen atoms in total. The van der Waals surface area contributed by atoms with Crippen molar-refractivity contribution in [2.45, 2.75) is 71.1 Å². The lowest BCUT2D eigenvalue weighted by molar-refractivity contribution is -0.276. The van der Waals surface area contributed by atoms with Gasteiger partial charge in [-0.25, -0.2) is 13.2 Å². The third-order valence-corrected chi connectivity index (χ3v) is 7.30. The van der Waals surface area contributed by atoms with Crippen molar-refractivity contribution in [3.63, 3.8) is 0 Å². The summed E-state index contributed by atoms with van der Waals surface area (Å²) >= 11 is 0. The SMILES string of the molecule is CCC1CCC(CCC2=CCc3c(ccc(-c4cc(F)c(OC(F)(F)F)c(F)c4)c3F)C2)CC1. The van der Waals surface area contributed by atoms with Crippen LogP contribution in [-0.4, -0.2) is 6.36 Å². The highest BCUT2D eigenvalue weighted by Crippen LogP contribution is 2.38. The van der Waals surface area contributed by atoms with Crippen molar-refractivity contribution in [2.24, 2.45) is 11.8 Å². The number of allylic oxidation sites excluding steroid dienone is 2. The predicted molar refractivity (Wildman–Crippen MR) is 119 cm³/mol. The summed E-state index contributed by atoms with van der Waals surface area (Å²) < 4.78 is 84.1. The molecule has 34 heavy (non-hydrogen) atoms. The van der Waals surface area contributed by atoms with Gasteiger partial charge in [0.15, 0.2) is 11.6 Å². The van der Waals surface area contributed by atoms with E-state index in [4.69, 9.17) is 0 Å². The molecule has 0 aromatic heterocycles. The highest BCUT2D eigenvalue weighted by atomic mass is 19.4. The summed E-state index contributed by atoms with van der Waals surface area (Å²) in [5, 5.41) is 0. The second-order valence-electron chi connectivity index (χ2n) is 9.46. The molecule has 0 aliphatic heterocycles. The lowest BCUT2D eigenvalue weighted by atomic mass is 9.78. The van der Waals surface area contributed by atoms with Crippen LogP contribution in [0.15, 0.2) is 35.9 Å². The van der Waals surface area contributed by atoms with Gasteiger partial charge in [-0.3, -0.25) is 0 Å². The van der Waals surface area contributed by atoms with Crippen LogP contribution in [0.2, 0.25) is 0 Å². The Morgan fingerprint density at radius 3 is 2.21 bits per heavy atom. The number of benzene rings is 2. The van der Waals surface area contributed by atoms with Gasteiger partial charge in [0.05, 0.1) is 0 Å². The Bertz CT molecular complexity index is 1040. The molecule has 0 bridgehead atoms. The van der Waals surface area contributed by atoms with Crippen LogP contribution in [0, 0.1) is 29.3 Å². The maximum absolute atomic E-state index is 15.3. The minimum atomic E-state index is -5.24. The maximum atomic E-state index is 15.3. The minimum Gasteiger partial charge on any atom is -0.399 e. The molecular formula is C27H28F6O. The lowest BCUT2D eigenvalue weighted by Crippen LogP contribution is -2.19. The van der Waals surface area contributed by atoms with Crippen LogP contribution >= 0.6 is 0 Å². The van der Waals surface area contributed by atoms with Gasteiger partial charge in [-0.2, -0.15) is 0 Å². The van der Waals surface area contributed by atoms with E-state index in [0.717, 1.165) is 30.2 Å². The molecule has 0 heterocycles. The number of hydrogen-bond acceptors (Lipinski definition) is 1. The Morgan fingerprint density at radius 2 is 1.59 bits per heavy atom. The van der Waals surface area contributed by atoms with E-state index in [9.17, 15) is 22.0 Å². The van der Waals surface area contributed by atoms with Gasteiger partial charge in [0.2, 0.25) is 5.75 Å². The Labute approximate surface area is 195 Å². The molecule has 2 aromatic carbocycles. The first-order valence-electron chi connectivity index (χ1n) is 11.9. The summed E-state index contributed by atoms with van der Waals surface area (Å²) in [4.78, 5) is 0. The summed E-state index contributed by atoms with van der Waals surface area (Å²) in [5.41, 5.74) is 2.34. The molecule has 0 N–H and O–H groups in total. The summed E-state index contributed by atoms with van der Waals surface area (Å²) in [6.45, 7) is 2.25. The molecule has 4 rings (SSSR count). The third-order valence-electron chi connectivity index (χ3n) is 7.30. The lowest BCUT2D eigenvalue weighted by Gasteiger charge is -2.28. The molecule has 184 valence electrons. The molecule has 1 saturated carbocycles. The summed E-state index contributed by atoms with van der Waals surface area (Å²) in [6, 6.07) is 4.49. The standard InChI is InChI=1S/C27H28F6O/c1-2-16-3-5-17(6-4-16)7-8-18-9-11-21-19(13-18)10-12-22(25(21)30)20-14-23(28)26(24(29)15-20)34-27(31,32)33/h9-10,12,14-17H,2-8,11,13H2,1H3. The number of hydrogen-bond donors (Lipinski definition) is 0. The van der Waals surface area contributed by atoms with Gasteiger partial charge in [-0.1, -0.05) is 62.8 Å². The highest BCUT2D eigenvalue weighted by molar-refractivity contribution is 5.67. The van der Waals surface area contributed by atoms with Crippen LogP contribution in [0.5, 0.6) is 5.75 Å². The first-order valence-corrected chi connectivity index (χ1v) is 11.9. The summed E-state index contributed by atoms with van der Waals surface area (Å²) in [7, 11) is 0. The van der Waals surface area contributed by atoms with Gasteiger partial charge in [-0.05, 0) is 66.3 Å². The van der Waals surface area contributed by atoms with Gasteiger partial charge >= 0.3 is 6.36 Å². The van der Waals surface area contributed by atoms with Crippen LogP contribution in [0.3, 0.4) is 0 Å². The zero-order valence-electron chi connectivity index (χ0n) is 19.1. The average Bonchev–Trinajstić information content (AvgIpc) is 2.80. The maximum Gasteiger partial charge on any atom is 0.573 e. The Hall–Kier alpha value is -2.44. The fourth-order valence-electron chi connectivity index (χ4n) is 5.27. The molecule has 0 radical (unpaired) electrons. The fourth-order valence-corrected chi connectivity index (χ4v) is 5.27. The Kier molecular flexibility index (Phi) is 7.29. The van der Waals surface area contributed by atoms with Crippen LogP contribution in [0.4, 0.5) is 26.3 Å². The molecule has 2 aromatic rings. The van der Waals surface area contributed by atoms with E-state index in [2.05, 4.69) is 11.7 Å². The molecule has 2 aliphatic carbocycles. The first kappa shape index (κ1) is 24.7. The van der Waals surface area contributed by atoms with Crippen molar-refractivity contribution < 1.29 is 31.1 Å². The van der Waals surface area contributed by atoms with Crippen LogP contribution < -0.4 is 4.74 Å².